The highest BCUT2D eigenvalue weighted by molar-refractivity contribution is 5.98. The summed E-state index contributed by atoms with van der Waals surface area (Å²) < 4.78 is 6.61. The Kier molecular flexibility index (Phi) is 5.63. The minimum Gasteiger partial charge on any atom is -0.462 e. The van der Waals surface area contributed by atoms with Gasteiger partial charge < -0.3 is 10.1 Å². The lowest BCUT2D eigenvalue weighted by Crippen LogP contribution is -2.12. The van der Waals surface area contributed by atoms with E-state index >= 15 is 0 Å². The van der Waals surface area contributed by atoms with Crippen LogP contribution in [0.5, 0.6) is 0 Å². The Balaban J connectivity index is 1.62. The van der Waals surface area contributed by atoms with Gasteiger partial charge in [-0.3, -0.25) is 4.79 Å². The first-order valence-corrected chi connectivity index (χ1v) is 8.65. The Morgan fingerprint density at radius 3 is 2.77 bits per heavy atom. The zero-order valence-electron chi connectivity index (χ0n) is 14.6. The van der Waals surface area contributed by atoms with Crippen LogP contribution in [0.1, 0.15) is 35.7 Å². The first-order valence-electron chi connectivity index (χ1n) is 8.65. The van der Waals surface area contributed by atoms with Gasteiger partial charge in [0.1, 0.15) is 5.56 Å². The first-order chi connectivity index (χ1) is 12.7. The lowest BCUT2D eigenvalue weighted by Gasteiger charge is -2.07. The van der Waals surface area contributed by atoms with Gasteiger partial charge in [0.15, 0.2) is 0 Å². The number of nitrogens with one attached hydrogen (secondary N) is 1. The highest BCUT2D eigenvalue weighted by atomic mass is 16.5. The summed E-state index contributed by atoms with van der Waals surface area (Å²) in [6, 6.07) is 13.6. The lowest BCUT2D eigenvalue weighted by molar-refractivity contribution is -0.116. The molecule has 0 unspecified atom stereocenters. The molecular weight excluding hydrogens is 330 g/mol. The van der Waals surface area contributed by atoms with E-state index in [2.05, 4.69) is 22.5 Å². The third-order valence-electron chi connectivity index (χ3n) is 4.01. The lowest BCUT2D eigenvalue weighted by atomic mass is 10.1. The molecule has 0 aliphatic rings. The third kappa shape index (κ3) is 4.27. The van der Waals surface area contributed by atoms with E-state index in [9.17, 15) is 9.59 Å². The molecule has 0 saturated carbocycles. The number of fused-ring (bicyclic) bond motifs is 1. The van der Waals surface area contributed by atoms with Gasteiger partial charge in [-0.25, -0.2) is 9.31 Å². The number of hydrogen-bond acceptors (Lipinski definition) is 4. The molecule has 1 amide bonds. The van der Waals surface area contributed by atoms with Crippen molar-refractivity contribution in [3.8, 4) is 0 Å². The molecule has 0 saturated heterocycles. The summed E-state index contributed by atoms with van der Waals surface area (Å²) in [5, 5.41) is 7.00. The second-order valence-corrected chi connectivity index (χ2v) is 5.91. The van der Waals surface area contributed by atoms with Gasteiger partial charge >= 0.3 is 5.97 Å². The van der Waals surface area contributed by atoms with Crippen LogP contribution in [0.25, 0.3) is 5.52 Å². The number of rotatable bonds is 7. The largest absolute Gasteiger partial charge is 0.462 e. The quantitative estimate of drug-likeness (QED) is 0.662. The van der Waals surface area contributed by atoms with Gasteiger partial charge in [-0.05, 0) is 37.5 Å². The van der Waals surface area contributed by atoms with E-state index in [0.29, 0.717) is 29.8 Å². The zero-order chi connectivity index (χ0) is 18.4. The van der Waals surface area contributed by atoms with Gasteiger partial charge in [0.2, 0.25) is 5.91 Å². The van der Waals surface area contributed by atoms with Crippen molar-refractivity contribution in [1.29, 1.82) is 0 Å². The van der Waals surface area contributed by atoms with Gasteiger partial charge in [-0.15, -0.1) is 0 Å². The molecule has 0 aliphatic heterocycles. The van der Waals surface area contributed by atoms with Crippen LogP contribution in [0.15, 0.2) is 54.9 Å². The molecule has 0 radical (unpaired) electrons. The van der Waals surface area contributed by atoms with Crippen molar-refractivity contribution in [3.63, 3.8) is 0 Å². The molecule has 1 N–H and O–H groups in total. The Hall–Kier alpha value is -3.15. The maximum Gasteiger partial charge on any atom is 0.341 e. The van der Waals surface area contributed by atoms with Crippen LogP contribution in [-0.4, -0.2) is 28.1 Å². The summed E-state index contributed by atoms with van der Waals surface area (Å²) in [5.74, 6) is -0.476. The minimum atomic E-state index is -0.422. The molecule has 26 heavy (non-hydrogen) atoms. The monoisotopic (exact) mass is 351 g/mol. The maximum atomic E-state index is 12.2. The van der Waals surface area contributed by atoms with E-state index in [1.54, 1.807) is 29.8 Å². The second-order valence-electron chi connectivity index (χ2n) is 5.91. The molecule has 3 aromatic rings. The fraction of sp³-hybridized carbons (Fsp3) is 0.250. The maximum absolute atomic E-state index is 12.2. The van der Waals surface area contributed by atoms with Crippen LogP contribution in [0.2, 0.25) is 0 Å². The van der Waals surface area contributed by atoms with Crippen molar-refractivity contribution in [2.45, 2.75) is 26.2 Å². The SMILES string of the molecule is CCOC(=O)c1cnn2ccc(NC(=O)CCCc3ccccc3)cc12. The Morgan fingerprint density at radius 1 is 1.19 bits per heavy atom. The number of carbonyl (C=O) groups is 2. The molecule has 134 valence electrons. The van der Waals surface area contributed by atoms with Crippen LogP contribution in [0.3, 0.4) is 0 Å². The van der Waals surface area contributed by atoms with Crippen molar-refractivity contribution in [1.82, 2.24) is 9.61 Å². The predicted molar refractivity (Wildman–Crippen MR) is 99.2 cm³/mol. The average Bonchev–Trinajstić information content (AvgIpc) is 3.06. The highest BCUT2D eigenvalue weighted by Crippen LogP contribution is 2.17. The smallest absolute Gasteiger partial charge is 0.341 e. The van der Waals surface area contributed by atoms with Crippen LogP contribution >= 0.6 is 0 Å². The number of amides is 1. The van der Waals surface area contributed by atoms with Crippen LogP contribution < -0.4 is 5.32 Å². The molecule has 0 bridgehead atoms. The molecule has 0 fully saturated rings. The molecule has 0 aliphatic carbocycles. The number of pyridine rings is 1. The van der Waals surface area contributed by atoms with Gasteiger partial charge in [-0.1, -0.05) is 30.3 Å². The Labute approximate surface area is 151 Å². The number of esters is 1. The molecule has 6 heteroatoms. The van der Waals surface area contributed by atoms with E-state index < -0.39 is 5.97 Å². The van der Waals surface area contributed by atoms with Crippen molar-refractivity contribution in [3.05, 3.63) is 66.0 Å². The predicted octanol–water partition coefficient (Wildman–Crippen LogP) is 3.47. The van der Waals surface area contributed by atoms with E-state index in [0.717, 1.165) is 12.8 Å². The fourth-order valence-electron chi connectivity index (χ4n) is 2.75. The van der Waals surface area contributed by atoms with Gasteiger partial charge in [0.05, 0.1) is 18.3 Å². The highest BCUT2D eigenvalue weighted by Gasteiger charge is 2.14. The van der Waals surface area contributed by atoms with Crippen molar-refractivity contribution in [2.75, 3.05) is 11.9 Å². The number of hydrogen-bond donors (Lipinski definition) is 1. The van der Waals surface area contributed by atoms with Crippen molar-refractivity contribution >= 4 is 23.1 Å². The summed E-state index contributed by atoms with van der Waals surface area (Å²) in [4.78, 5) is 24.1. The number of aromatic nitrogens is 2. The molecular formula is C20H21N3O3. The van der Waals surface area contributed by atoms with Crippen molar-refractivity contribution < 1.29 is 14.3 Å². The summed E-state index contributed by atoms with van der Waals surface area (Å²) >= 11 is 0. The van der Waals surface area contributed by atoms with Crippen molar-refractivity contribution in [2.24, 2.45) is 0 Å². The van der Waals surface area contributed by atoms with Crippen LogP contribution in [0.4, 0.5) is 5.69 Å². The first kappa shape index (κ1) is 17.7. The van der Waals surface area contributed by atoms with Crippen LogP contribution in [-0.2, 0) is 16.0 Å². The van der Waals surface area contributed by atoms with Gasteiger partial charge in [0, 0.05) is 18.3 Å². The minimum absolute atomic E-state index is 0.0533. The summed E-state index contributed by atoms with van der Waals surface area (Å²) in [6.45, 7) is 2.05. The number of anilines is 1. The van der Waals surface area contributed by atoms with E-state index in [1.165, 1.54) is 11.8 Å². The van der Waals surface area contributed by atoms with Crippen LogP contribution in [0, 0.1) is 0 Å². The number of nitrogens with zero attached hydrogens (tertiary/aromatic N) is 2. The summed E-state index contributed by atoms with van der Waals surface area (Å²) in [5.41, 5.74) is 2.84. The molecule has 6 nitrogen and oxygen atoms in total. The number of aryl methyl sites for hydroxylation is 1. The topological polar surface area (TPSA) is 72.7 Å². The normalized spacial score (nSPS) is 10.7. The van der Waals surface area contributed by atoms with Gasteiger partial charge in [0.25, 0.3) is 0 Å². The van der Waals surface area contributed by atoms with E-state index in [-0.39, 0.29) is 5.91 Å². The molecule has 0 spiro atoms. The van der Waals surface area contributed by atoms with E-state index in [4.69, 9.17) is 4.74 Å². The summed E-state index contributed by atoms with van der Waals surface area (Å²) in [6.07, 6.45) is 5.25. The molecule has 0 atom stereocenters. The second kappa shape index (κ2) is 8.29. The third-order valence-corrected chi connectivity index (χ3v) is 4.01. The Morgan fingerprint density at radius 2 is 2.00 bits per heavy atom. The number of benzene rings is 1. The molecule has 3 rings (SSSR count). The number of carbonyl (C=O) groups excluding carboxylic acids is 2. The average molecular weight is 351 g/mol. The van der Waals surface area contributed by atoms with E-state index in [1.807, 2.05) is 18.2 Å². The van der Waals surface area contributed by atoms with Gasteiger partial charge in [-0.2, -0.15) is 5.10 Å². The number of ether oxygens (including phenoxy) is 1. The molecule has 2 heterocycles. The fourth-order valence-corrected chi connectivity index (χ4v) is 2.75. The zero-order valence-corrected chi connectivity index (χ0v) is 14.6. The Bertz CT molecular complexity index is 903. The standard InChI is InChI=1S/C20H21N3O3/c1-2-26-20(25)17-14-21-23-12-11-16(13-18(17)23)22-19(24)10-6-9-15-7-4-3-5-8-15/h3-5,7-8,11-14H,2,6,9-10H2,1H3,(H,22,24). The molecule has 2 aromatic heterocycles. The molecule has 1 aromatic carbocycles. The summed E-state index contributed by atoms with van der Waals surface area (Å²) in [7, 11) is 0.